The average Bonchev–Trinajstić information content (AvgIpc) is 3.36. The molecule has 0 saturated heterocycles. The van der Waals surface area contributed by atoms with E-state index in [4.69, 9.17) is 10.7 Å². The van der Waals surface area contributed by atoms with Crippen LogP contribution in [0.15, 0.2) is 78.6 Å². The number of aliphatic imine (C=N–C) groups is 1. The first-order valence-corrected chi connectivity index (χ1v) is 13.7. The lowest BCUT2D eigenvalue weighted by Crippen LogP contribution is -2.28. The van der Waals surface area contributed by atoms with Crippen LogP contribution in [0.25, 0.3) is 39.0 Å². The van der Waals surface area contributed by atoms with E-state index in [9.17, 15) is 4.79 Å². The molecule has 4 aromatic rings. The fraction of sp³-hybridized carbons (Fsp3) is 0.242. The van der Waals surface area contributed by atoms with Gasteiger partial charge in [0, 0.05) is 78.8 Å². The van der Waals surface area contributed by atoms with Gasteiger partial charge in [0.15, 0.2) is 0 Å². The van der Waals surface area contributed by atoms with E-state index >= 15 is 0 Å². The van der Waals surface area contributed by atoms with Gasteiger partial charge in [-0.05, 0) is 75.0 Å². The quantitative estimate of drug-likeness (QED) is 0.164. The van der Waals surface area contributed by atoms with E-state index < -0.39 is 0 Å². The molecule has 0 aliphatic heterocycles. The van der Waals surface area contributed by atoms with E-state index in [-0.39, 0.29) is 5.91 Å². The number of carbonyl (C=O) groups excluding carboxylic acids is 1. The van der Waals surface area contributed by atoms with Crippen molar-refractivity contribution in [3.05, 3.63) is 84.7 Å². The Hall–Kier alpha value is -4.69. The van der Waals surface area contributed by atoms with E-state index in [1.54, 1.807) is 18.6 Å². The van der Waals surface area contributed by atoms with Crippen LogP contribution in [0.5, 0.6) is 0 Å². The third-order valence-electron chi connectivity index (χ3n) is 7.03. The maximum atomic E-state index is 12.2. The smallest absolute Gasteiger partial charge is 0.247 e. The van der Waals surface area contributed by atoms with Crippen molar-refractivity contribution < 1.29 is 4.79 Å². The van der Waals surface area contributed by atoms with Gasteiger partial charge in [0.1, 0.15) is 5.65 Å². The lowest BCUT2D eigenvalue weighted by atomic mass is 9.96. The number of likely N-dealkylation sites (N-methyl/N-ethyl adjacent to an activating group) is 2. The van der Waals surface area contributed by atoms with Gasteiger partial charge in [-0.1, -0.05) is 30.8 Å². The zero-order valence-electron chi connectivity index (χ0n) is 24.5. The van der Waals surface area contributed by atoms with E-state index in [2.05, 4.69) is 89.2 Å². The van der Waals surface area contributed by atoms with Crippen molar-refractivity contribution in [1.29, 1.82) is 0 Å². The molecule has 0 radical (unpaired) electrons. The molecule has 0 fully saturated rings. The molecule has 4 N–H and O–H groups in total. The van der Waals surface area contributed by atoms with Crippen LogP contribution in [-0.4, -0.2) is 67.8 Å². The number of H-pyrrole nitrogens is 1. The van der Waals surface area contributed by atoms with Crippen molar-refractivity contribution in [3.63, 3.8) is 0 Å². The predicted molar refractivity (Wildman–Crippen MR) is 174 cm³/mol. The summed E-state index contributed by atoms with van der Waals surface area (Å²) in [5, 5.41) is 3.88. The van der Waals surface area contributed by atoms with Crippen LogP contribution in [0, 0.1) is 6.92 Å². The number of amides is 1. The highest BCUT2D eigenvalue weighted by Crippen LogP contribution is 2.40. The standard InChI is InChI=1S/C33H39N7O/c1-7-30(41)37-29-18-24(10-9-22(29)3)31-28-17-25(26(19-34)20-35-8-2)21-36-33(28)38-32(31)23-11-13-27(14-12-23)40(6)16-15-39(4)5/h7,9-14,17-21H,1,8,15-16,34H2,2-6H3,(H,36,38)(H,37,41)/b26-19+,35-20?. The summed E-state index contributed by atoms with van der Waals surface area (Å²) in [5.41, 5.74) is 15.1. The van der Waals surface area contributed by atoms with Gasteiger partial charge < -0.3 is 25.8 Å². The summed E-state index contributed by atoms with van der Waals surface area (Å²) >= 11 is 0. The van der Waals surface area contributed by atoms with Gasteiger partial charge in [0.25, 0.3) is 0 Å². The number of nitrogens with two attached hydrogens (primary N) is 1. The number of anilines is 2. The van der Waals surface area contributed by atoms with Gasteiger partial charge in [-0.25, -0.2) is 4.98 Å². The summed E-state index contributed by atoms with van der Waals surface area (Å²) in [6.07, 6.45) is 6.40. The third kappa shape index (κ3) is 6.73. The SMILES string of the molecule is C=CC(=O)Nc1cc(-c2c(-c3ccc(N(C)CCN(C)C)cc3)[nH]c3ncc(/C(C=NCC)=C/N)cc23)ccc1C. The minimum atomic E-state index is -0.254. The first-order valence-electron chi connectivity index (χ1n) is 13.7. The zero-order chi connectivity index (χ0) is 29.5. The maximum Gasteiger partial charge on any atom is 0.247 e. The summed E-state index contributed by atoms with van der Waals surface area (Å²) in [5.74, 6) is -0.254. The van der Waals surface area contributed by atoms with E-state index in [0.29, 0.717) is 6.54 Å². The van der Waals surface area contributed by atoms with Crippen molar-refractivity contribution in [1.82, 2.24) is 14.9 Å². The number of fused-ring (bicyclic) bond motifs is 1. The van der Waals surface area contributed by atoms with Crippen molar-refractivity contribution in [2.45, 2.75) is 13.8 Å². The number of carbonyl (C=O) groups is 1. The number of pyridine rings is 1. The Morgan fingerprint density at radius 1 is 1.10 bits per heavy atom. The molecule has 2 aromatic heterocycles. The lowest BCUT2D eigenvalue weighted by molar-refractivity contribution is -0.111. The molecule has 0 aliphatic carbocycles. The second-order valence-electron chi connectivity index (χ2n) is 10.2. The van der Waals surface area contributed by atoms with Gasteiger partial charge in [0.2, 0.25) is 5.91 Å². The number of aromatic amines is 1. The molecule has 212 valence electrons. The number of rotatable bonds is 11. The summed E-state index contributed by atoms with van der Waals surface area (Å²) in [4.78, 5) is 29.3. The van der Waals surface area contributed by atoms with Crippen molar-refractivity contribution >= 4 is 40.1 Å². The number of hydrogen-bond acceptors (Lipinski definition) is 6. The highest BCUT2D eigenvalue weighted by atomic mass is 16.1. The summed E-state index contributed by atoms with van der Waals surface area (Å²) < 4.78 is 0. The molecule has 0 spiro atoms. The van der Waals surface area contributed by atoms with Crippen LogP contribution >= 0.6 is 0 Å². The van der Waals surface area contributed by atoms with Crippen molar-refractivity contribution in [2.75, 3.05) is 51.0 Å². The van der Waals surface area contributed by atoms with E-state index in [1.165, 1.54) is 6.08 Å². The molecule has 1 amide bonds. The highest BCUT2D eigenvalue weighted by molar-refractivity contribution is 6.12. The molecule has 0 saturated carbocycles. The predicted octanol–water partition coefficient (Wildman–Crippen LogP) is 5.72. The van der Waals surface area contributed by atoms with Crippen LogP contribution in [0.3, 0.4) is 0 Å². The van der Waals surface area contributed by atoms with Crippen molar-refractivity contribution in [2.24, 2.45) is 10.7 Å². The highest BCUT2D eigenvalue weighted by Gasteiger charge is 2.19. The molecule has 8 nitrogen and oxygen atoms in total. The van der Waals surface area contributed by atoms with Crippen LogP contribution in [-0.2, 0) is 4.79 Å². The summed E-state index contributed by atoms with van der Waals surface area (Å²) in [7, 11) is 6.26. The topological polar surface area (TPSA) is 103 Å². The minimum absolute atomic E-state index is 0.254. The maximum absolute atomic E-state index is 12.2. The number of aromatic nitrogens is 2. The molecule has 0 atom stereocenters. The number of benzene rings is 2. The molecule has 0 unspecified atom stereocenters. The fourth-order valence-corrected chi connectivity index (χ4v) is 4.61. The Morgan fingerprint density at radius 2 is 1.83 bits per heavy atom. The Morgan fingerprint density at radius 3 is 2.49 bits per heavy atom. The molecular weight excluding hydrogens is 510 g/mol. The second kappa shape index (κ2) is 13.1. The first-order chi connectivity index (χ1) is 19.7. The Labute approximate surface area is 242 Å². The Bertz CT molecular complexity index is 1600. The number of nitrogens with zero attached hydrogens (tertiary/aromatic N) is 4. The zero-order valence-corrected chi connectivity index (χ0v) is 24.5. The van der Waals surface area contributed by atoms with E-state index in [1.807, 2.05) is 26.0 Å². The lowest BCUT2D eigenvalue weighted by Gasteiger charge is -2.21. The molecule has 4 rings (SSSR count). The van der Waals surface area contributed by atoms with Crippen LogP contribution < -0.4 is 16.0 Å². The summed E-state index contributed by atoms with van der Waals surface area (Å²) in [6.45, 7) is 10.1. The molecular formula is C33H39N7O. The molecule has 0 aliphatic rings. The Balaban J connectivity index is 1.88. The van der Waals surface area contributed by atoms with Gasteiger partial charge in [-0.3, -0.25) is 9.79 Å². The number of allylic oxidation sites excluding steroid dienone is 1. The van der Waals surface area contributed by atoms with Gasteiger partial charge in [0.05, 0.1) is 5.69 Å². The molecule has 41 heavy (non-hydrogen) atoms. The molecule has 8 heteroatoms. The second-order valence-corrected chi connectivity index (χ2v) is 10.2. The molecule has 0 bridgehead atoms. The largest absolute Gasteiger partial charge is 0.404 e. The molecule has 2 aromatic carbocycles. The van der Waals surface area contributed by atoms with Crippen molar-refractivity contribution in [3.8, 4) is 22.4 Å². The average molecular weight is 550 g/mol. The number of aryl methyl sites for hydroxylation is 1. The fourth-order valence-electron chi connectivity index (χ4n) is 4.61. The van der Waals surface area contributed by atoms with Gasteiger partial charge in [-0.2, -0.15) is 0 Å². The minimum Gasteiger partial charge on any atom is -0.404 e. The first kappa shape index (κ1) is 29.3. The Kier molecular flexibility index (Phi) is 9.37. The van der Waals surface area contributed by atoms with E-state index in [0.717, 1.165) is 74.6 Å². The normalized spacial score (nSPS) is 11.9. The van der Waals surface area contributed by atoms with Gasteiger partial charge >= 0.3 is 0 Å². The summed E-state index contributed by atoms with van der Waals surface area (Å²) in [6, 6.07) is 16.7. The molecule has 2 heterocycles. The number of nitrogens with one attached hydrogen (secondary N) is 2. The van der Waals surface area contributed by atoms with Crippen LogP contribution in [0.2, 0.25) is 0 Å². The van der Waals surface area contributed by atoms with Crippen LogP contribution in [0.1, 0.15) is 18.1 Å². The number of hydrogen-bond donors (Lipinski definition) is 3. The monoisotopic (exact) mass is 549 g/mol. The van der Waals surface area contributed by atoms with Gasteiger partial charge in [-0.15, -0.1) is 0 Å². The third-order valence-corrected chi connectivity index (χ3v) is 7.03. The van der Waals surface area contributed by atoms with Crippen LogP contribution in [0.4, 0.5) is 11.4 Å².